The van der Waals surface area contributed by atoms with E-state index in [0.29, 0.717) is 44.2 Å². The van der Waals surface area contributed by atoms with Crippen LogP contribution in [-0.2, 0) is 15.3 Å². The number of amides is 1. The molecule has 0 aliphatic carbocycles. The summed E-state index contributed by atoms with van der Waals surface area (Å²) < 4.78 is 20.4. The molecule has 1 unspecified atom stereocenters. The molecule has 1 aliphatic rings. The fourth-order valence-electron chi connectivity index (χ4n) is 4.22. The predicted molar refractivity (Wildman–Crippen MR) is 154 cm³/mol. The minimum Gasteiger partial charge on any atom is -0.507 e. The highest BCUT2D eigenvalue weighted by atomic mass is 35.5. The second kappa shape index (κ2) is 12.2. The van der Waals surface area contributed by atoms with Crippen molar-refractivity contribution in [1.29, 1.82) is 0 Å². The van der Waals surface area contributed by atoms with Crippen molar-refractivity contribution >= 4 is 57.3 Å². The lowest BCUT2D eigenvalue weighted by Gasteiger charge is -2.23. The number of ether oxygens (including phenoxy) is 1. The zero-order valence-electron chi connectivity index (χ0n) is 21.2. The lowest BCUT2D eigenvalue weighted by Crippen LogP contribution is -2.29. The average Bonchev–Trinajstić information content (AvgIpc) is 3.53. The van der Waals surface area contributed by atoms with Crippen LogP contribution in [0.3, 0.4) is 0 Å². The van der Waals surface area contributed by atoms with Gasteiger partial charge in [0.2, 0.25) is 5.13 Å². The quantitative estimate of drug-likeness (QED) is 0.0729. The summed E-state index contributed by atoms with van der Waals surface area (Å²) in [7, 11) is 0. The lowest BCUT2D eigenvalue weighted by molar-refractivity contribution is -0.132. The number of aliphatic hydroxyl groups excluding tert-OH is 1. The van der Waals surface area contributed by atoms with E-state index in [2.05, 4.69) is 10.2 Å². The summed E-state index contributed by atoms with van der Waals surface area (Å²) in [6, 6.07) is 18.8. The van der Waals surface area contributed by atoms with Crippen LogP contribution in [-0.4, -0.2) is 33.6 Å². The molecule has 40 heavy (non-hydrogen) atoms. The molecule has 0 spiro atoms. The van der Waals surface area contributed by atoms with E-state index in [0.717, 1.165) is 17.8 Å². The van der Waals surface area contributed by atoms with E-state index < -0.39 is 17.7 Å². The van der Waals surface area contributed by atoms with Crippen LogP contribution in [0.1, 0.15) is 36.1 Å². The van der Waals surface area contributed by atoms with Crippen LogP contribution in [0.25, 0.3) is 5.76 Å². The van der Waals surface area contributed by atoms with E-state index in [-0.39, 0.29) is 22.3 Å². The number of anilines is 1. The summed E-state index contributed by atoms with van der Waals surface area (Å²) in [5, 5.41) is 20.3. The molecule has 0 saturated carbocycles. The Morgan fingerprint density at radius 3 is 2.62 bits per heavy atom. The van der Waals surface area contributed by atoms with Crippen molar-refractivity contribution in [3.63, 3.8) is 0 Å². The Morgan fingerprint density at radius 2 is 1.88 bits per heavy atom. The van der Waals surface area contributed by atoms with Crippen LogP contribution in [0.2, 0.25) is 5.02 Å². The third-order valence-corrected chi connectivity index (χ3v) is 8.48. The maximum absolute atomic E-state index is 14.1. The Balaban J connectivity index is 1.55. The Bertz CT molecular complexity index is 1590. The van der Waals surface area contributed by atoms with Crippen LogP contribution in [0, 0.1) is 5.82 Å². The molecule has 1 aliphatic heterocycles. The first-order chi connectivity index (χ1) is 19.4. The molecule has 1 N–H and O–H groups in total. The van der Waals surface area contributed by atoms with Crippen LogP contribution < -0.4 is 9.64 Å². The Kier molecular flexibility index (Phi) is 8.49. The van der Waals surface area contributed by atoms with Crippen molar-refractivity contribution in [2.45, 2.75) is 29.5 Å². The van der Waals surface area contributed by atoms with Crippen LogP contribution in [0.5, 0.6) is 5.75 Å². The number of benzene rings is 3. The molecule has 0 bridgehead atoms. The van der Waals surface area contributed by atoms with E-state index in [1.54, 1.807) is 66.7 Å². The highest BCUT2D eigenvalue weighted by Gasteiger charge is 2.48. The summed E-state index contributed by atoms with van der Waals surface area (Å²) in [6.07, 6.45) is 0.803. The molecule has 7 nitrogen and oxygen atoms in total. The highest BCUT2D eigenvalue weighted by Crippen LogP contribution is 2.44. The monoisotopic (exact) mass is 595 g/mol. The summed E-state index contributed by atoms with van der Waals surface area (Å²) in [5.41, 5.74) is 1.32. The number of aliphatic hydroxyl groups is 1. The number of ketones is 1. The first kappa shape index (κ1) is 27.8. The summed E-state index contributed by atoms with van der Waals surface area (Å²) in [4.78, 5) is 28.1. The van der Waals surface area contributed by atoms with Crippen molar-refractivity contribution in [1.82, 2.24) is 10.2 Å². The van der Waals surface area contributed by atoms with Gasteiger partial charge >= 0.3 is 5.91 Å². The number of Topliss-reactive ketones (excluding diaryl/α,β-unsaturated/α-hetero) is 1. The van der Waals surface area contributed by atoms with Crippen molar-refractivity contribution < 1.29 is 23.8 Å². The molecule has 1 amide bonds. The van der Waals surface area contributed by atoms with Crippen molar-refractivity contribution in [2.24, 2.45) is 0 Å². The summed E-state index contributed by atoms with van der Waals surface area (Å²) in [6.45, 7) is 2.48. The van der Waals surface area contributed by atoms with Crippen molar-refractivity contribution in [3.05, 3.63) is 106 Å². The van der Waals surface area contributed by atoms with Gasteiger partial charge in [0.1, 0.15) is 17.3 Å². The number of halogens is 2. The van der Waals surface area contributed by atoms with Gasteiger partial charge in [-0.3, -0.25) is 14.5 Å². The van der Waals surface area contributed by atoms with Gasteiger partial charge in [-0.25, -0.2) is 4.39 Å². The molecule has 3 aromatic carbocycles. The molecule has 5 rings (SSSR count). The summed E-state index contributed by atoms with van der Waals surface area (Å²) >= 11 is 8.39. The highest BCUT2D eigenvalue weighted by molar-refractivity contribution is 8.00. The third-order valence-electron chi connectivity index (χ3n) is 6.12. The molecule has 1 atom stereocenters. The normalized spacial score (nSPS) is 16.5. The predicted octanol–water partition coefficient (Wildman–Crippen LogP) is 7.04. The second-order valence-electron chi connectivity index (χ2n) is 8.83. The van der Waals surface area contributed by atoms with Gasteiger partial charge in [0.25, 0.3) is 5.78 Å². The van der Waals surface area contributed by atoms with Gasteiger partial charge in [0.15, 0.2) is 4.34 Å². The Labute approximate surface area is 243 Å². The van der Waals surface area contributed by atoms with Gasteiger partial charge in [-0.05, 0) is 60.0 Å². The van der Waals surface area contributed by atoms with E-state index >= 15 is 0 Å². The van der Waals surface area contributed by atoms with Crippen molar-refractivity contribution in [2.75, 3.05) is 11.5 Å². The molecular formula is C29H23ClFN3O4S2. The van der Waals surface area contributed by atoms with Gasteiger partial charge in [-0.1, -0.05) is 72.0 Å². The molecular weight excluding hydrogens is 573 g/mol. The van der Waals surface area contributed by atoms with E-state index in [1.807, 2.05) is 6.92 Å². The number of hydrogen-bond donors (Lipinski definition) is 1. The van der Waals surface area contributed by atoms with E-state index in [4.69, 9.17) is 16.3 Å². The molecule has 0 radical (unpaired) electrons. The largest absolute Gasteiger partial charge is 0.507 e. The number of rotatable bonds is 9. The maximum atomic E-state index is 14.1. The minimum atomic E-state index is -0.988. The topological polar surface area (TPSA) is 92.6 Å². The first-order valence-corrected chi connectivity index (χ1v) is 14.5. The van der Waals surface area contributed by atoms with Gasteiger partial charge in [-0.15, -0.1) is 10.2 Å². The smallest absolute Gasteiger partial charge is 0.301 e. The first-order valence-electron chi connectivity index (χ1n) is 12.4. The fraction of sp³-hybridized carbons (Fsp3) is 0.172. The molecule has 2 heterocycles. The van der Waals surface area contributed by atoms with Crippen LogP contribution >= 0.6 is 34.7 Å². The molecule has 11 heteroatoms. The average molecular weight is 596 g/mol. The molecule has 4 aromatic rings. The molecule has 1 saturated heterocycles. The van der Waals surface area contributed by atoms with Crippen LogP contribution in [0.4, 0.5) is 9.52 Å². The van der Waals surface area contributed by atoms with E-state index in [9.17, 15) is 19.1 Å². The van der Waals surface area contributed by atoms with Crippen LogP contribution in [0.15, 0.2) is 82.7 Å². The number of nitrogens with zero attached hydrogens (tertiary/aromatic N) is 3. The third kappa shape index (κ3) is 5.74. The second-order valence-corrected chi connectivity index (χ2v) is 11.4. The number of thioether (sulfide) groups is 1. The zero-order chi connectivity index (χ0) is 28.2. The van der Waals surface area contributed by atoms with Gasteiger partial charge < -0.3 is 9.84 Å². The number of aromatic nitrogens is 2. The van der Waals surface area contributed by atoms with Crippen molar-refractivity contribution in [3.8, 4) is 5.75 Å². The fourth-order valence-corrected chi connectivity index (χ4v) is 6.20. The Morgan fingerprint density at radius 1 is 1.10 bits per heavy atom. The zero-order valence-corrected chi connectivity index (χ0v) is 23.6. The van der Waals surface area contributed by atoms with Gasteiger partial charge in [0.05, 0.1) is 18.2 Å². The lowest BCUT2D eigenvalue weighted by atomic mass is 9.95. The standard InChI is InChI=1S/C29H23ClFN3O4S2/c1-2-14-38-21-8-5-7-18(15-21)24-23(25(35)17-10-12-20(30)13-11-17)26(36)27(37)34(24)28-32-33-29(40-28)39-16-19-6-3-4-9-22(19)31/h3-13,15,24,35H,2,14,16H2,1H3/b25-23+. The van der Waals surface area contributed by atoms with Gasteiger partial charge in [0, 0.05) is 16.3 Å². The number of hydrogen-bond acceptors (Lipinski definition) is 8. The molecule has 1 fully saturated rings. The molecule has 204 valence electrons. The number of carbonyl (C=O) groups excluding carboxylic acids is 2. The minimum absolute atomic E-state index is 0.0873. The number of carbonyl (C=O) groups is 2. The Hall–Kier alpha value is -3.73. The van der Waals surface area contributed by atoms with E-state index in [1.165, 1.54) is 22.7 Å². The SMILES string of the molecule is CCCOc1cccc(C2/C(=C(\O)c3ccc(Cl)cc3)C(=O)C(=O)N2c2nnc(SCc3ccccc3F)s2)c1. The molecule has 1 aromatic heterocycles. The maximum Gasteiger partial charge on any atom is 0.301 e. The summed E-state index contributed by atoms with van der Waals surface area (Å²) in [5.74, 6) is -1.47. The van der Waals surface area contributed by atoms with Gasteiger partial charge in [-0.2, -0.15) is 0 Å².